The number of hydrogen-bond donors (Lipinski definition) is 0. The highest BCUT2D eigenvalue weighted by Gasteiger charge is 2.32. The number of pyridine rings is 1. The second-order valence-electron chi connectivity index (χ2n) is 19.9. The minimum atomic E-state index is -0.230. The third-order valence-electron chi connectivity index (χ3n) is 13.1. The van der Waals surface area contributed by atoms with Crippen LogP contribution in [0.3, 0.4) is 0 Å². The van der Waals surface area contributed by atoms with Gasteiger partial charge in [0.15, 0.2) is 0 Å². The van der Waals surface area contributed by atoms with E-state index < -0.39 is 0 Å². The van der Waals surface area contributed by atoms with Crippen molar-refractivity contribution in [2.75, 3.05) is 16.5 Å². The molecule has 1 aliphatic rings. The molecular formula is C59H56N4O. The summed E-state index contributed by atoms with van der Waals surface area (Å²) in [6.45, 7) is 18.9. The first-order valence-corrected chi connectivity index (χ1v) is 22.5. The quantitative estimate of drug-likeness (QED) is 0.153. The van der Waals surface area contributed by atoms with Crippen molar-refractivity contribution in [3.63, 3.8) is 0 Å². The Morgan fingerprint density at radius 2 is 1.11 bits per heavy atom. The average molecular weight is 837 g/mol. The van der Waals surface area contributed by atoms with Gasteiger partial charge in [0.05, 0.1) is 22.4 Å². The monoisotopic (exact) mass is 836 g/mol. The molecule has 0 N–H and O–H groups in total. The molecule has 0 aliphatic carbocycles. The smallest absolute Gasteiger partial charge is 0.137 e. The van der Waals surface area contributed by atoms with Crippen molar-refractivity contribution in [3.05, 3.63) is 204 Å². The molecule has 10 rings (SSSR count). The Kier molecular flexibility index (Phi) is 9.98. The minimum Gasteiger partial charge on any atom is -0.457 e. The van der Waals surface area contributed by atoms with Crippen molar-refractivity contribution in [1.29, 1.82) is 0 Å². The van der Waals surface area contributed by atoms with Crippen LogP contribution in [0.4, 0.5) is 22.7 Å². The van der Waals surface area contributed by atoms with Crippen LogP contribution >= 0.6 is 0 Å². The van der Waals surface area contributed by atoms with E-state index in [1.165, 1.54) is 44.5 Å². The van der Waals surface area contributed by atoms with Gasteiger partial charge >= 0.3 is 0 Å². The Morgan fingerprint density at radius 1 is 0.438 bits per heavy atom. The van der Waals surface area contributed by atoms with Crippen LogP contribution in [0, 0.1) is 0 Å². The predicted molar refractivity (Wildman–Crippen MR) is 269 cm³/mol. The summed E-state index contributed by atoms with van der Waals surface area (Å²) in [4.78, 5) is 9.80. The van der Waals surface area contributed by atoms with Crippen LogP contribution in [-0.4, -0.2) is 16.2 Å². The van der Waals surface area contributed by atoms with Gasteiger partial charge in [-0.15, -0.1) is 0 Å². The number of anilines is 4. The highest BCUT2D eigenvalue weighted by molar-refractivity contribution is 6.09. The van der Waals surface area contributed by atoms with Crippen molar-refractivity contribution >= 4 is 44.6 Å². The van der Waals surface area contributed by atoms with E-state index in [4.69, 9.17) is 9.72 Å². The lowest BCUT2D eigenvalue weighted by Gasteiger charge is -2.30. The van der Waals surface area contributed by atoms with Crippen molar-refractivity contribution in [2.24, 2.45) is 0 Å². The summed E-state index contributed by atoms with van der Waals surface area (Å²) in [5.74, 6) is 2.44. The van der Waals surface area contributed by atoms with Gasteiger partial charge in [0.2, 0.25) is 0 Å². The average Bonchev–Trinajstić information content (AvgIpc) is 3.85. The summed E-state index contributed by atoms with van der Waals surface area (Å²) in [6, 6.07) is 63.6. The molecule has 5 nitrogen and oxygen atoms in total. The number of rotatable bonds is 8. The van der Waals surface area contributed by atoms with Crippen LogP contribution in [0.1, 0.15) is 77.6 Å². The number of aromatic nitrogens is 2. The Bertz CT molecular complexity index is 3170. The second-order valence-corrected chi connectivity index (χ2v) is 19.9. The third-order valence-corrected chi connectivity index (χ3v) is 13.1. The van der Waals surface area contributed by atoms with Crippen molar-refractivity contribution in [2.45, 2.75) is 71.6 Å². The molecule has 3 heterocycles. The summed E-state index contributed by atoms with van der Waals surface area (Å²) >= 11 is 0. The van der Waals surface area contributed by atoms with E-state index in [-0.39, 0.29) is 16.2 Å². The topological polar surface area (TPSA) is 33.5 Å². The molecule has 0 atom stereocenters. The van der Waals surface area contributed by atoms with Gasteiger partial charge < -0.3 is 14.5 Å². The molecule has 7 aromatic carbocycles. The maximum absolute atomic E-state index is 6.80. The Balaban J connectivity index is 1.05. The van der Waals surface area contributed by atoms with E-state index in [0.29, 0.717) is 6.67 Å². The van der Waals surface area contributed by atoms with Crippen molar-refractivity contribution in [1.82, 2.24) is 9.55 Å². The van der Waals surface area contributed by atoms with E-state index in [0.717, 1.165) is 50.8 Å². The second kappa shape index (κ2) is 15.6. The molecule has 0 spiro atoms. The van der Waals surface area contributed by atoms with Gasteiger partial charge in [0.25, 0.3) is 0 Å². The number of hydrogen-bond acceptors (Lipinski definition) is 4. The van der Waals surface area contributed by atoms with Gasteiger partial charge in [-0.3, -0.25) is 4.57 Å². The zero-order valence-electron chi connectivity index (χ0n) is 38.2. The molecule has 9 aromatic rings. The minimum absolute atomic E-state index is 0.00801. The Hall–Kier alpha value is -7.11. The molecule has 1 aliphatic heterocycles. The number of para-hydroxylation sites is 1. The third kappa shape index (κ3) is 7.49. The van der Waals surface area contributed by atoms with Crippen LogP contribution in [0.5, 0.6) is 11.5 Å². The fourth-order valence-corrected chi connectivity index (χ4v) is 9.24. The lowest BCUT2D eigenvalue weighted by atomic mass is 9.77. The zero-order valence-corrected chi connectivity index (χ0v) is 38.2. The molecule has 0 unspecified atom stereocenters. The van der Waals surface area contributed by atoms with Gasteiger partial charge in [0.1, 0.15) is 24.0 Å². The first-order valence-electron chi connectivity index (χ1n) is 22.5. The first kappa shape index (κ1) is 40.9. The van der Waals surface area contributed by atoms with Crippen molar-refractivity contribution < 1.29 is 4.74 Å². The molecule has 0 saturated heterocycles. The molecule has 2 aromatic heterocycles. The Labute approximate surface area is 378 Å². The molecule has 5 heteroatoms. The molecule has 318 valence electrons. The number of benzene rings is 7. The summed E-state index contributed by atoms with van der Waals surface area (Å²) < 4.78 is 9.07. The fourth-order valence-electron chi connectivity index (χ4n) is 9.24. The Morgan fingerprint density at radius 3 is 1.88 bits per heavy atom. The van der Waals surface area contributed by atoms with E-state index in [2.05, 4.69) is 246 Å². The van der Waals surface area contributed by atoms with Crippen LogP contribution < -0.4 is 14.5 Å². The van der Waals surface area contributed by atoms with Gasteiger partial charge in [-0.05, 0) is 111 Å². The maximum atomic E-state index is 6.80. The summed E-state index contributed by atoms with van der Waals surface area (Å²) in [6.07, 6.45) is 1.92. The number of nitrogens with zero attached hydrogens (tertiary/aromatic N) is 4. The molecule has 0 bridgehead atoms. The summed E-state index contributed by atoms with van der Waals surface area (Å²) in [5.41, 5.74) is 14.0. The van der Waals surface area contributed by atoms with E-state index in [1.54, 1.807) is 0 Å². The van der Waals surface area contributed by atoms with E-state index >= 15 is 0 Å². The van der Waals surface area contributed by atoms with Gasteiger partial charge in [-0.25, -0.2) is 4.98 Å². The summed E-state index contributed by atoms with van der Waals surface area (Å²) in [7, 11) is 0. The van der Waals surface area contributed by atoms with E-state index in [1.807, 2.05) is 6.20 Å². The predicted octanol–water partition coefficient (Wildman–Crippen LogP) is 15.8. The van der Waals surface area contributed by atoms with Crippen molar-refractivity contribution in [3.8, 4) is 28.4 Å². The standard InChI is InChI=1S/C59H56N4O/c1-57(2,3)43-26-29-53-55(35-43)62(47-33-41(40-18-11-9-12-19-40)32-45(34-47)59(7,8)42-20-13-10-14-21-42)39-61(53)46-22-17-23-48(37-46)64-49-27-28-51-50-24-15-16-25-52(50)63(54(51)38-49)56-36-44(30-31-60-56)58(4,5)6/h9-38H,39H2,1-8H3. The largest absolute Gasteiger partial charge is 0.457 e. The van der Waals surface area contributed by atoms with Crippen LogP contribution in [-0.2, 0) is 16.2 Å². The van der Waals surface area contributed by atoms with Crippen LogP contribution in [0.25, 0.3) is 38.8 Å². The van der Waals surface area contributed by atoms with Crippen LogP contribution in [0.15, 0.2) is 182 Å². The highest BCUT2D eigenvalue weighted by atomic mass is 16.5. The van der Waals surface area contributed by atoms with Gasteiger partial charge in [0, 0.05) is 45.9 Å². The fraction of sp³-hybridized carbons (Fsp3) is 0.203. The molecule has 0 radical (unpaired) electrons. The lowest BCUT2D eigenvalue weighted by Crippen LogP contribution is -2.25. The maximum Gasteiger partial charge on any atom is 0.137 e. The first-order chi connectivity index (χ1) is 30.7. The molecule has 64 heavy (non-hydrogen) atoms. The summed E-state index contributed by atoms with van der Waals surface area (Å²) in [5, 5.41) is 2.35. The highest BCUT2D eigenvalue weighted by Crippen LogP contribution is 2.48. The molecular weight excluding hydrogens is 781 g/mol. The molecule has 0 saturated carbocycles. The molecule has 0 fully saturated rings. The zero-order chi connectivity index (χ0) is 44.4. The van der Waals surface area contributed by atoms with Crippen LogP contribution in [0.2, 0.25) is 0 Å². The molecule has 0 amide bonds. The SMILES string of the molecule is CC(C)(C)c1ccnc(-n2c3ccccc3c3ccc(Oc4cccc(N5CN(c6cc(-c7ccccc7)cc(C(C)(C)c7ccccc7)c6)c6cc(C(C)(C)C)ccc65)c4)cc32)c1. The van der Waals surface area contributed by atoms with Gasteiger partial charge in [-0.1, -0.05) is 152 Å². The normalized spacial score (nSPS) is 13.2. The number of fused-ring (bicyclic) bond motifs is 4. The number of ether oxygens (including phenoxy) is 1. The van der Waals surface area contributed by atoms with Gasteiger partial charge in [-0.2, -0.15) is 0 Å². The van der Waals surface area contributed by atoms with E-state index in [9.17, 15) is 0 Å². The lowest BCUT2D eigenvalue weighted by molar-refractivity contribution is 0.483.